The van der Waals surface area contributed by atoms with Gasteiger partial charge < -0.3 is 10.9 Å². The number of nitrogens with two attached hydrogens (primary N) is 1. The van der Waals surface area contributed by atoms with Gasteiger partial charge in [0.25, 0.3) is 5.69 Å². The molecule has 2 aromatic carbocycles. The van der Waals surface area contributed by atoms with Crippen LogP contribution in [0.5, 0.6) is 0 Å². The SMILES string of the molecule is Nn1c(-c2ccc([N+](=O)[O-])cc2C([O-])=C2C=CC=C2)n[nH]c1=S.[Fe+2].c1cc[cH-]c1. The summed E-state index contributed by atoms with van der Waals surface area (Å²) < 4.78 is 1.28. The number of aromatic nitrogens is 3. The van der Waals surface area contributed by atoms with Crippen molar-refractivity contribution in [3.63, 3.8) is 0 Å². The number of non-ortho nitro benzene ring substituents is 1. The van der Waals surface area contributed by atoms with E-state index >= 15 is 0 Å². The number of nitrogens with one attached hydrogen (secondary N) is 1. The molecule has 1 aliphatic rings. The zero-order chi connectivity index (χ0) is 20.1. The molecule has 0 spiro atoms. The fourth-order valence-corrected chi connectivity index (χ4v) is 2.66. The Bertz CT molecular complexity index is 1110. The summed E-state index contributed by atoms with van der Waals surface area (Å²) in [6.45, 7) is 0. The standard InChI is InChI=1S/C14H11N5O3S.C5H5.Fe/c15-18-13(16-17-14(18)23)10-6-5-9(19(21)22)7-11(10)12(20)8-3-1-2-4-8;1-2-4-5-3-1;/h1-7,20H,15H2,(H,17,23);1-5H;/q;-1;+2/p-1. The third-order valence-corrected chi connectivity index (χ3v) is 4.17. The van der Waals surface area contributed by atoms with Gasteiger partial charge >= 0.3 is 17.1 Å². The van der Waals surface area contributed by atoms with Gasteiger partial charge in [-0.25, -0.2) is 21.9 Å². The Labute approximate surface area is 181 Å². The largest absolute Gasteiger partial charge is 2.00 e. The van der Waals surface area contributed by atoms with Gasteiger partial charge in [0, 0.05) is 17.7 Å². The normalized spacial score (nSPS) is 11.5. The van der Waals surface area contributed by atoms with E-state index in [-0.39, 0.29) is 44.7 Å². The molecule has 0 unspecified atom stereocenters. The van der Waals surface area contributed by atoms with E-state index in [2.05, 4.69) is 10.2 Å². The Morgan fingerprint density at radius 2 is 1.90 bits per heavy atom. The van der Waals surface area contributed by atoms with Crippen LogP contribution in [0.15, 0.2) is 78.4 Å². The number of rotatable bonds is 3. The minimum Gasteiger partial charge on any atom is -0.872 e. The van der Waals surface area contributed by atoms with Gasteiger partial charge in [0.2, 0.25) is 4.77 Å². The van der Waals surface area contributed by atoms with Gasteiger partial charge in [0.1, 0.15) is 0 Å². The van der Waals surface area contributed by atoms with Crippen molar-refractivity contribution in [2.75, 3.05) is 5.84 Å². The topological polar surface area (TPSA) is 126 Å². The Hall–Kier alpha value is -3.33. The number of aromatic amines is 1. The first kappa shape index (κ1) is 22.0. The van der Waals surface area contributed by atoms with Crippen LogP contribution in [0.4, 0.5) is 5.69 Å². The average molecular weight is 449 g/mol. The Kier molecular flexibility index (Phi) is 7.38. The zero-order valence-corrected chi connectivity index (χ0v) is 16.8. The second-order valence-electron chi connectivity index (χ2n) is 5.67. The van der Waals surface area contributed by atoms with Crippen LogP contribution in [0.25, 0.3) is 17.1 Å². The second kappa shape index (κ2) is 9.74. The first-order valence-corrected chi connectivity index (χ1v) is 8.54. The van der Waals surface area contributed by atoms with E-state index in [0.717, 1.165) is 4.68 Å². The molecule has 1 aromatic heterocycles. The molecular weight excluding hydrogens is 434 g/mol. The van der Waals surface area contributed by atoms with Crippen LogP contribution < -0.4 is 10.9 Å². The van der Waals surface area contributed by atoms with Crippen molar-refractivity contribution < 1.29 is 27.1 Å². The number of nitrogen functional groups attached to an aromatic ring is 1. The quantitative estimate of drug-likeness (QED) is 0.121. The van der Waals surface area contributed by atoms with Crippen LogP contribution >= 0.6 is 12.2 Å². The van der Waals surface area contributed by atoms with E-state index in [1.165, 1.54) is 18.2 Å². The number of H-pyrrole nitrogens is 1. The molecular formula is C19H15FeN5O3S. The predicted molar refractivity (Wildman–Crippen MR) is 107 cm³/mol. The van der Waals surface area contributed by atoms with Crippen molar-refractivity contribution in [3.8, 4) is 11.4 Å². The fourth-order valence-electron chi connectivity index (χ4n) is 2.52. The number of nitro groups is 1. The van der Waals surface area contributed by atoms with Crippen LogP contribution in [0.3, 0.4) is 0 Å². The number of allylic oxidation sites excluding steroid dienone is 5. The maximum atomic E-state index is 12.7. The molecule has 0 saturated carbocycles. The van der Waals surface area contributed by atoms with Gasteiger partial charge in [-0.1, -0.05) is 30.1 Å². The van der Waals surface area contributed by atoms with Gasteiger partial charge in [0.05, 0.1) is 4.92 Å². The van der Waals surface area contributed by atoms with E-state index in [9.17, 15) is 15.2 Å². The molecule has 29 heavy (non-hydrogen) atoms. The first-order chi connectivity index (χ1) is 13.5. The summed E-state index contributed by atoms with van der Waals surface area (Å²) in [5.41, 5.74) is 0.716. The van der Waals surface area contributed by atoms with Crippen LogP contribution in [-0.2, 0) is 17.1 Å². The molecule has 0 amide bonds. The minimum absolute atomic E-state index is 0. The van der Waals surface area contributed by atoms with Crippen molar-refractivity contribution in [1.82, 2.24) is 14.9 Å². The number of hydrogen-bond acceptors (Lipinski definition) is 6. The van der Waals surface area contributed by atoms with Crippen LogP contribution in [0, 0.1) is 14.9 Å². The molecule has 3 aromatic rings. The van der Waals surface area contributed by atoms with Crippen molar-refractivity contribution in [1.29, 1.82) is 0 Å². The van der Waals surface area contributed by atoms with Crippen LogP contribution in [-0.4, -0.2) is 19.8 Å². The fraction of sp³-hybridized carbons (Fsp3) is 0. The molecule has 1 aliphatic carbocycles. The first-order valence-electron chi connectivity index (χ1n) is 8.13. The van der Waals surface area contributed by atoms with E-state index < -0.39 is 4.92 Å². The molecule has 4 rings (SSSR count). The average Bonchev–Trinajstić information content (AvgIpc) is 3.47. The molecule has 10 heteroatoms. The van der Waals surface area contributed by atoms with Crippen molar-refractivity contribution >= 4 is 23.7 Å². The number of nitrogens with zero attached hydrogens (tertiary/aromatic N) is 3. The van der Waals surface area contributed by atoms with Crippen molar-refractivity contribution in [3.05, 3.63) is 98.9 Å². The summed E-state index contributed by atoms with van der Waals surface area (Å²) in [4.78, 5) is 10.4. The maximum absolute atomic E-state index is 12.7. The van der Waals surface area contributed by atoms with Gasteiger partial charge in [0.15, 0.2) is 5.82 Å². The second-order valence-corrected chi connectivity index (χ2v) is 6.06. The summed E-state index contributed by atoms with van der Waals surface area (Å²) >= 11 is 4.96. The third kappa shape index (κ3) is 4.94. The smallest absolute Gasteiger partial charge is 0.872 e. The maximum Gasteiger partial charge on any atom is 2.00 e. The van der Waals surface area contributed by atoms with Gasteiger partial charge in [-0.3, -0.25) is 10.1 Å². The number of nitro benzene ring substituents is 1. The summed E-state index contributed by atoms with van der Waals surface area (Å²) in [6.07, 6.45) is 6.68. The number of benzene rings is 1. The monoisotopic (exact) mass is 449 g/mol. The summed E-state index contributed by atoms with van der Waals surface area (Å²) in [6, 6.07) is 13.9. The van der Waals surface area contributed by atoms with Gasteiger partial charge in [-0.05, 0) is 29.4 Å². The summed E-state index contributed by atoms with van der Waals surface area (Å²) in [5, 5.41) is 30.2. The molecule has 0 radical (unpaired) electrons. The molecule has 1 heterocycles. The van der Waals surface area contributed by atoms with E-state index in [0.29, 0.717) is 11.1 Å². The molecule has 0 bridgehead atoms. The minimum atomic E-state index is -0.564. The molecule has 0 saturated heterocycles. The Balaban J connectivity index is 0.000000437. The molecule has 0 aliphatic heterocycles. The van der Waals surface area contributed by atoms with Crippen LogP contribution in [0.1, 0.15) is 5.56 Å². The number of hydrogen-bond donors (Lipinski definition) is 2. The molecule has 3 N–H and O–H groups in total. The van der Waals surface area contributed by atoms with Crippen LogP contribution in [0.2, 0.25) is 0 Å². The molecule has 148 valence electrons. The predicted octanol–water partition coefficient (Wildman–Crippen LogP) is 2.83. The molecule has 0 fully saturated rings. The summed E-state index contributed by atoms with van der Waals surface area (Å²) in [5.74, 6) is 5.66. The Morgan fingerprint density at radius 3 is 2.38 bits per heavy atom. The molecule has 8 nitrogen and oxygen atoms in total. The molecule has 0 atom stereocenters. The third-order valence-electron chi connectivity index (χ3n) is 3.88. The van der Waals surface area contributed by atoms with Gasteiger partial charge in [-0.2, -0.15) is 23.3 Å². The van der Waals surface area contributed by atoms with Gasteiger partial charge in [-0.15, -0.1) is 0 Å². The van der Waals surface area contributed by atoms with Crippen molar-refractivity contribution in [2.45, 2.75) is 0 Å². The van der Waals surface area contributed by atoms with E-state index in [1.807, 2.05) is 30.3 Å². The zero-order valence-electron chi connectivity index (χ0n) is 14.8. The van der Waals surface area contributed by atoms with E-state index in [1.54, 1.807) is 24.3 Å². The van der Waals surface area contributed by atoms with E-state index in [4.69, 9.17) is 18.1 Å². The Morgan fingerprint density at radius 1 is 1.24 bits per heavy atom. The van der Waals surface area contributed by atoms with Crippen molar-refractivity contribution in [2.24, 2.45) is 0 Å². The summed E-state index contributed by atoms with van der Waals surface area (Å²) in [7, 11) is 0.